The van der Waals surface area contributed by atoms with Crippen molar-refractivity contribution in [3.8, 4) is 0 Å². The third-order valence-corrected chi connectivity index (χ3v) is 2.76. The van der Waals surface area contributed by atoms with Crippen molar-refractivity contribution >= 4 is 5.91 Å². The van der Waals surface area contributed by atoms with Gasteiger partial charge in [0.25, 0.3) is 0 Å². The van der Waals surface area contributed by atoms with Crippen LogP contribution in [0.25, 0.3) is 0 Å². The van der Waals surface area contributed by atoms with E-state index < -0.39 is 17.9 Å². The molecule has 0 saturated carbocycles. The van der Waals surface area contributed by atoms with Gasteiger partial charge in [-0.15, -0.1) is 0 Å². The van der Waals surface area contributed by atoms with Crippen molar-refractivity contribution in [2.24, 2.45) is 0 Å². The summed E-state index contributed by atoms with van der Waals surface area (Å²) in [6.45, 7) is 0.709. The summed E-state index contributed by atoms with van der Waals surface area (Å²) in [6.07, 6.45) is -3.83. The first kappa shape index (κ1) is 11.7. The molecule has 2 saturated heterocycles. The normalized spacial score (nSPS) is 25.1. The molecule has 2 rings (SSSR count). The number of ether oxygens (including phenoxy) is 2. The molecule has 2 fully saturated rings. The van der Waals surface area contributed by atoms with Gasteiger partial charge >= 0.3 is 12.1 Å². The standard InChI is InChI=1S/C9H12F3NO3/c10-9(11,12)7(14)13-3-1-2-8(6-13)15-4-5-16-8/h1-6H2. The molecule has 2 aliphatic heterocycles. The van der Waals surface area contributed by atoms with Crippen LogP contribution in [0.4, 0.5) is 13.2 Å². The molecule has 7 heteroatoms. The number of likely N-dealkylation sites (tertiary alicyclic amines) is 1. The molecule has 0 aliphatic carbocycles. The van der Waals surface area contributed by atoms with Crippen LogP contribution in [0.1, 0.15) is 12.8 Å². The van der Waals surface area contributed by atoms with Crippen molar-refractivity contribution < 1.29 is 27.4 Å². The number of piperidine rings is 1. The molecular weight excluding hydrogens is 227 g/mol. The van der Waals surface area contributed by atoms with Crippen LogP contribution in [-0.4, -0.2) is 49.1 Å². The molecule has 0 aromatic rings. The van der Waals surface area contributed by atoms with E-state index in [-0.39, 0.29) is 13.1 Å². The Morgan fingerprint density at radius 1 is 1.25 bits per heavy atom. The van der Waals surface area contributed by atoms with E-state index in [4.69, 9.17) is 9.47 Å². The van der Waals surface area contributed by atoms with Crippen LogP contribution in [0, 0.1) is 0 Å². The van der Waals surface area contributed by atoms with Crippen molar-refractivity contribution in [1.82, 2.24) is 4.90 Å². The molecule has 0 bridgehead atoms. The van der Waals surface area contributed by atoms with E-state index in [1.165, 1.54) is 0 Å². The SMILES string of the molecule is O=C(N1CCCC2(C1)OCCO2)C(F)(F)F. The lowest BCUT2D eigenvalue weighted by molar-refractivity contribution is -0.213. The predicted octanol–water partition coefficient (Wildman–Crippen LogP) is 0.914. The Bertz CT molecular complexity index is 286. The summed E-state index contributed by atoms with van der Waals surface area (Å²) in [5.41, 5.74) is 0. The highest BCUT2D eigenvalue weighted by Crippen LogP contribution is 2.32. The number of hydrogen-bond donors (Lipinski definition) is 0. The van der Waals surface area contributed by atoms with Crippen LogP contribution in [0.5, 0.6) is 0 Å². The summed E-state index contributed by atoms with van der Waals surface area (Å²) < 4.78 is 47.3. The zero-order valence-corrected chi connectivity index (χ0v) is 8.55. The third kappa shape index (κ3) is 2.15. The number of rotatable bonds is 0. The second kappa shape index (κ2) is 3.89. The van der Waals surface area contributed by atoms with E-state index in [1.807, 2.05) is 0 Å². The molecule has 92 valence electrons. The van der Waals surface area contributed by atoms with Crippen LogP contribution in [0.2, 0.25) is 0 Å². The fraction of sp³-hybridized carbons (Fsp3) is 0.889. The summed E-state index contributed by atoms with van der Waals surface area (Å²) >= 11 is 0. The Kier molecular flexibility index (Phi) is 2.83. The van der Waals surface area contributed by atoms with Gasteiger partial charge in [0.05, 0.1) is 19.8 Å². The minimum atomic E-state index is -4.82. The van der Waals surface area contributed by atoms with Crippen LogP contribution in [0.3, 0.4) is 0 Å². The highest BCUT2D eigenvalue weighted by molar-refractivity contribution is 5.82. The Balaban J connectivity index is 2.04. The highest BCUT2D eigenvalue weighted by atomic mass is 19.4. The van der Waals surface area contributed by atoms with Crippen molar-refractivity contribution in [3.63, 3.8) is 0 Å². The molecule has 1 spiro atoms. The molecule has 0 aromatic carbocycles. The highest BCUT2D eigenvalue weighted by Gasteiger charge is 2.48. The van der Waals surface area contributed by atoms with E-state index in [0.29, 0.717) is 26.1 Å². The first-order chi connectivity index (χ1) is 7.43. The molecule has 0 aromatic heterocycles. The summed E-state index contributed by atoms with van der Waals surface area (Å²) in [7, 11) is 0. The monoisotopic (exact) mass is 239 g/mol. The molecule has 0 N–H and O–H groups in total. The molecule has 0 unspecified atom stereocenters. The molecular formula is C9H12F3NO3. The number of alkyl halides is 3. The number of carbonyl (C=O) groups is 1. The maximum absolute atomic E-state index is 12.2. The van der Waals surface area contributed by atoms with Crippen molar-refractivity contribution in [2.75, 3.05) is 26.3 Å². The van der Waals surface area contributed by atoms with Crippen molar-refractivity contribution in [1.29, 1.82) is 0 Å². The van der Waals surface area contributed by atoms with Gasteiger partial charge in [-0.2, -0.15) is 13.2 Å². The maximum Gasteiger partial charge on any atom is 0.471 e. The Hall–Kier alpha value is -0.820. The van der Waals surface area contributed by atoms with Gasteiger partial charge in [0, 0.05) is 13.0 Å². The van der Waals surface area contributed by atoms with Gasteiger partial charge in [0.15, 0.2) is 5.79 Å². The molecule has 16 heavy (non-hydrogen) atoms. The van der Waals surface area contributed by atoms with Gasteiger partial charge in [-0.3, -0.25) is 4.79 Å². The Morgan fingerprint density at radius 3 is 2.44 bits per heavy atom. The maximum atomic E-state index is 12.2. The second-order valence-electron chi connectivity index (χ2n) is 3.94. The molecule has 0 atom stereocenters. The van der Waals surface area contributed by atoms with Gasteiger partial charge in [-0.1, -0.05) is 0 Å². The average molecular weight is 239 g/mol. The number of nitrogens with zero attached hydrogens (tertiary/aromatic N) is 1. The fourth-order valence-corrected chi connectivity index (χ4v) is 2.07. The van der Waals surface area contributed by atoms with Gasteiger partial charge in [0.1, 0.15) is 0 Å². The topological polar surface area (TPSA) is 38.8 Å². The quantitative estimate of drug-likeness (QED) is 0.630. The molecule has 4 nitrogen and oxygen atoms in total. The number of hydrogen-bond acceptors (Lipinski definition) is 3. The minimum absolute atomic E-state index is 0.104. The summed E-state index contributed by atoms with van der Waals surface area (Å²) in [5, 5.41) is 0. The van der Waals surface area contributed by atoms with Gasteiger partial charge in [0.2, 0.25) is 0 Å². The lowest BCUT2D eigenvalue weighted by atomic mass is 10.0. The van der Waals surface area contributed by atoms with Gasteiger partial charge in [-0.05, 0) is 6.42 Å². The van der Waals surface area contributed by atoms with Crippen molar-refractivity contribution in [3.05, 3.63) is 0 Å². The predicted molar refractivity (Wildman–Crippen MR) is 46.5 cm³/mol. The molecule has 1 amide bonds. The Labute approximate surface area is 90.3 Å². The zero-order valence-electron chi connectivity index (χ0n) is 8.55. The van der Waals surface area contributed by atoms with Gasteiger partial charge < -0.3 is 14.4 Å². The first-order valence-corrected chi connectivity index (χ1v) is 5.07. The number of halogens is 3. The molecule has 2 heterocycles. The number of carbonyl (C=O) groups excluding carboxylic acids is 1. The lowest BCUT2D eigenvalue weighted by Crippen LogP contribution is -2.54. The molecule has 0 radical (unpaired) electrons. The fourth-order valence-electron chi connectivity index (χ4n) is 2.07. The van der Waals surface area contributed by atoms with E-state index in [2.05, 4.69) is 0 Å². The van der Waals surface area contributed by atoms with Gasteiger partial charge in [-0.25, -0.2) is 0 Å². The zero-order chi connectivity index (χ0) is 11.8. The summed E-state index contributed by atoms with van der Waals surface area (Å²) in [4.78, 5) is 11.8. The van der Waals surface area contributed by atoms with E-state index in [0.717, 1.165) is 4.90 Å². The first-order valence-electron chi connectivity index (χ1n) is 5.07. The third-order valence-electron chi connectivity index (χ3n) is 2.76. The minimum Gasteiger partial charge on any atom is -0.346 e. The average Bonchev–Trinajstić information content (AvgIpc) is 2.64. The van der Waals surface area contributed by atoms with E-state index >= 15 is 0 Å². The van der Waals surface area contributed by atoms with Crippen LogP contribution in [0.15, 0.2) is 0 Å². The van der Waals surface area contributed by atoms with Crippen LogP contribution < -0.4 is 0 Å². The van der Waals surface area contributed by atoms with Crippen molar-refractivity contribution in [2.45, 2.75) is 24.8 Å². The van der Waals surface area contributed by atoms with Crippen LogP contribution in [-0.2, 0) is 14.3 Å². The largest absolute Gasteiger partial charge is 0.471 e. The van der Waals surface area contributed by atoms with Crippen LogP contribution >= 0.6 is 0 Å². The van der Waals surface area contributed by atoms with E-state index in [9.17, 15) is 18.0 Å². The Morgan fingerprint density at radius 2 is 1.88 bits per heavy atom. The second-order valence-corrected chi connectivity index (χ2v) is 3.94. The number of amides is 1. The van der Waals surface area contributed by atoms with E-state index in [1.54, 1.807) is 0 Å². The molecule has 2 aliphatic rings. The lowest BCUT2D eigenvalue weighted by Gasteiger charge is -2.38. The smallest absolute Gasteiger partial charge is 0.346 e. The summed E-state index contributed by atoms with van der Waals surface area (Å²) in [5.74, 6) is -2.82. The summed E-state index contributed by atoms with van der Waals surface area (Å²) in [6, 6.07) is 0.